The van der Waals surface area contributed by atoms with Gasteiger partial charge >= 0.3 is 5.97 Å². The average Bonchev–Trinajstić information content (AvgIpc) is 3.07. The van der Waals surface area contributed by atoms with Crippen LogP contribution in [-0.2, 0) is 4.74 Å². The number of anilines is 1. The number of ether oxygens (including phenoxy) is 1. The minimum absolute atomic E-state index is 0.158. The molecule has 0 amide bonds. The standard InChI is InChI=1S/C16H13N5O2/c17-9-11-4-2-6-18-15(11)19-7-8-23-16(22)13-5-1-3-12-10-20-21-14(12)13/h1-6,10H,7-8H2,(H,18,19)(H,20,21). The molecule has 0 saturated heterocycles. The summed E-state index contributed by atoms with van der Waals surface area (Å²) in [5.74, 6) is 0.0462. The van der Waals surface area contributed by atoms with Crippen molar-refractivity contribution in [3.05, 3.63) is 53.9 Å². The number of H-pyrrole nitrogens is 1. The molecular formula is C16H13N5O2. The molecule has 0 aliphatic rings. The summed E-state index contributed by atoms with van der Waals surface area (Å²) in [5.41, 5.74) is 1.54. The fourth-order valence-electron chi connectivity index (χ4n) is 2.17. The van der Waals surface area contributed by atoms with Crippen molar-refractivity contribution < 1.29 is 9.53 Å². The number of nitrogens with zero attached hydrogens (tertiary/aromatic N) is 3. The third-order valence-corrected chi connectivity index (χ3v) is 3.25. The highest BCUT2D eigenvalue weighted by molar-refractivity contribution is 6.02. The van der Waals surface area contributed by atoms with Gasteiger partial charge in [0, 0.05) is 11.6 Å². The van der Waals surface area contributed by atoms with Crippen LogP contribution in [-0.4, -0.2) is 34.3 Å². The van der Waals surface area contributed by atoms with Crippen LogP contribution >= 0.6 is 0 Å². The molecule has 0 spiro atoms. The topological polar surface area (TPSA) is 104 Å². The van der Waals surface area contributed by atoms with Crippen LogP contribution < -0.4 is 5.32 Å². The van der Waals surface area contributed by atoms with E-state index >= 15 is 0 Å². The van der Waals surface area contributed by atoms with Gasteiger partial charge in [-0.3, -0.25) is 5.10 Å². The van der Waals surface area contributed by atoms with Crippen LogP contribution in [0.5, 0.6) is 0 Å². The first-order valence-electron chi connectivity index (χ1n) is 6.98. The van der Waals surface area contributed by atoms with Crippen LogP contribution in [0, 0.1) is 11.3 Å². The van der Waals surface area contributed by atoms with Crippen molar-refractivity contribution in [1.82, 2.24) is 15.2 Å². The quantitative estimate of drug-likeness (QED) is 0.552. The van der Waals surface area contributed by atoms with E-state index in [0.29, 0.717) is 29.0 Å². The lowest BCUT2D eigenvalue weighted by Crippen LogP contribution is -2.15. The number of aromatic nitrogens is 3. The number of carbonyl (C=O) groups excluding carboxylic acids is 1. The van der Waals surface area contributed by atoms with E-state index in [1.54, 1.807) is 36.7 Å². The number of nitrogens with one attached hydrogen (secondary N) is 2. The van der Waals surface area contributed by atoms with Crippen molar-refractivity contribution in [2.75, 3.05) is 18.5 Å². The molecule has 114 valence electrons. The highest BCUT2D eigenvalue weighted by Crippen LogP contribution is 2.16. The summed E-state index contributed by atoms with van der Waals surface area (Å²) in [5, 5.41) is 19.5. The Hall–Kier alpha value is -3.40. The SMILES string of the molecule is N#Cc1cccnc1NCCOC(=O)c1cccc2cn[nH]c12. The third-order valence-electron chi connectivity index (χ3n) is 3.25. The Balaban J connectivity index is 1.58. The van der Waals surface area contributed by atoms with E-state index in [2.05, 4.69) is 20.5 Å². The molecule has 0 aliphatic carbocycles. The highest BCUT2D eigenvalue weighted by Gasteiger charge is 2.12. The predicted molar refractivity (Wildman–Crippen MR) is 83.8 cm³/mol. The van der Waals surface area contributed by atoms with Gasteiger partial charge in [0.15, 0.2) is 0 Å². The molecule has 0 saturated carbocycles. The molecule has 7 nitrogen and oxygen atoms in total. The van der Waals surface area contributed by atoms with Crippen LogP contribution in [0.15, 0.2) is 42.7 Å². The number of aromatic amines is 1. The number of para-hydroxylation sites is 1. The third kappa shape index (κ3) is 3.11. The summed E-state index contributed by atoms with van der Waals surface area (Å²) in [6, 6.07) is 10.7. The summed E-state index contributed by atoms with van der Waals surface area (Å²) in [7, 11) is 0. The van der Waals surface area contributed by atoms with Gasteiger partial charge in [0.2, 0.25) is 0 Å². The molecule has 2 aromatic heterocycles. The van der Waals surface area contributed by atoms with Gasteiger partial charge in [-0.2, -0.15) is 10.4 Å². The van der Waals surface area contributed by atoms with Gasteiger partial charge in [-0.05, 0) is 18.2 Å². The van der Waals surface area contributed by atoms with E-state index in [1.165, 1.54) is 0 Å². The van der Waals surface area contributed by atoms with Crippen LogP contribution in [0.25, 0.3) is 10.9 Å². The maximum Gasteiger partial charge on any atom is 0.340 e. The largest absolute Gasteiger partial charge is 0.460 e. The van der Waals surface area contributed by atoms with Crippen LogP contribution in [0.1, 0.15) is 15.9 Å². The first-order valence-corrected chi connectivity index (χ1v) is 6.98. The lowest BCUT2D eigenvalue weighted by atomic mass is 10.1. The fourth-order valence-corrected chi connectivity index (χ4v) is 2.17. The number of hydrogen-bond acceptors (Lipinski definition) is 6. The van der Waals surface area contributed by atoms with Crippen molar-refractivity contribution in [2.24, 2.45) is 0 Å². The van der Waals surface area contributed by atoms with Gasteiger partial charge < -0.3 is 10.1 Å². The van der Waals surface area contributed by atoms with Gasteiger partial charge in [-0.1, -0.05) is 12.1 Å². The van der Waals surface area contributed by atoms with Gasteiger partial charge in [0.25, 0.3) is 0 Å². The van der Waals surface area contributed by atoms with Crippen LogP contribution in [0.2, 0.25) is 0 Å². The van der Waals surface area contributed by atoms with Crippen molar-refractivity contribution in [3.63, 3.8) is 0 Å². The Labute approximate surface area is 131 Å². The molecule has 2 N–H and O–H groups in total. The summed E-state index contributed by atoms with van der Waals surface area (Å²) in [6.07, 6.45) is 3.24. The number of nitriles is 1. The molecule has 0 fully saturated rings. The summed E-state index contributed by atoms with van der Waals surface area (Å²) >= 11 is 0. The highest BCUT2D eigenvalue weighted by atomic mass is 16.5. The second kappa shape index (κ2) is 6.58. The number of hydrogen-bond donors (Lipinski definition) is 2. The van der Waals surface area contributed by atoms with Gasteiger partial charge in [-0.15, -0.1) is 0 Å². The molecule has 0 radical (unpaired) electrons. The molecule has 1 aromatic carbocycles. The summed E-state index contributed by atoms with van der Waals surface area (Å²) in [6.45, 7) is 0.515. The normalized spacial score (nSPS) is 10.2. The average molecular weight is 307 g/mol. The Morgan fingerprint density at radius 1 is 1.35 bits per heavy atom. The van der Waals surface area contributed by atoms with Gasteiger partial charge in [0.05, 0.1) is 29.4 Å². The Morgan fingerprint density at radius 2 is 2.26 bits per heavy atom. The zero-order valence-electron chi connectivity index (χ0n) is 12.1. The van der Waals surface area contributed by atoms with Gasteiger partial charge in [-0.25, -0.2) is 9.78 Å². The predicted octanol–water partition coefficient (Wildman–Crippen LogP) is 2.10. The maximum absolute atomic E-state index is 12.1. The number of fused-ring (bicyclic) bond motifs is 1. The van der Waals surface area contributed by atoms with E-state index in [1.807, 2.05) is 12.1 Å². The van der Waals surface area contributed by atoms with Crippen molar-refractivity contribution in [3.8, 4) is 6.07 Å². The molecule has 0 unspecified atom stereocenters. The van der Waals surface area contributed by atoms with Crippen molar-refractivity contribution in [2.45, 2.75) is 0 Å². The molecular weight excluding hydrogens is 294 g/mol. The molecule has 23 heavy (non-hydrogen) atoms. The minimum Gasteiger partial charge on any atom is -0.460 e. The first-order chi connectivity index (χ1) is 11.3. The molecule has 3 rings (SSSR count). The number of pyridine rings is 1. The lowest BCUT2D eigenvalue weighted by molar-refractivity contribution is 0.0522. The van der Waals surface area contributed by atoms with E-state index < -0.39 is 5.97 Å². The number of benzene rings is 1. The Morgan fingerprint density at radius 3 is 3.13 bits per heavy atom. The molecule has 0 bridgehead atoms. The van der Waals surface area contributed by atoms with Crippen LogP contribution in [0.4, 0.5) is 5.82 Å². The number of esters is 1. The second-order valence-corrected chi connectivity index (χ2v) is 4.71. The number of rotatable bonds is 5. The van der Waals surface area contributed by atoms with Gasteiger partial charge in [0.1, 0.15) is 18.5 Å². The van der Waals surface area contributed by atoms with E-state index in [0.717, 1.165) is 5.39 Å². The van der Waals surface area contributed by atoms with Crippen LogP contribution in [0.3, 0.4) is 0 Å². The second-order valence-electron chi connectivity index (χ2n) is 4.71. The molecule has 2 heterocycles. The monoisotopic (exact) mass is 307 g/mol. The zero-order chi connectivity index (χ0) is 16.1. The smallest absolute Gasteiger partial charge is 0.340 e. The van der Waals surface area contributed by atoms with E-state index in [4.69, 9.17) is 10.00 Å². The molecule has 0 atom stereocenters. The molecule has 7 heteroatoms. The zero-order valence-corrected chi connectivity index (χ0v) is 12.1. The lowest BCUT2D eigenvalue weighted by Gasteiger charge is -2.08. The summed E-state index contributed by atoms with van der Waals surface area (Å²) < 4.78 is 5.24. The Bertz CT molecular complexity index is 881. The van der Waals surface area contributed by atoms with Crippen molar-refractivity contribution >= 4 is 22.7 Å². The molecule has 0 aliphatic heterocycles. The maximum atomic E-state index is 12.1. The molecule has 3 aromatic rings. The van der Waals surface area contributed by atoms with E-state index in [9.17, 15) is 4.79 Å². The van der Waals surface area contributed by atoms with E-state index in [-0.39, 0.29) is 6.61 Å². The minimum atomic E-state index is -0.428. The Kier molecular flexibility index (Phi) is 4.16. The summed E-state index contributed by atoms with van der Waals surface area (Å²) in [4.78, 5) is 16.2. The first kappa shape index (κ1) is 14.5. The number of carbonyl (C=O) groups is 1. The fraction of sp³-hybridized carbons (Fsp3) is 0.125. The van der Waals surface area contributed by atoms with Crippen molar-refractivity contribution in [1.29, 1.82) is 5.26 Å².